The number of fused-ring (bicyclic) bond motifs is 3. The minimum Gasteiger partial charge on any atom is -0.462 e. The van der Waals surface area contributed by atoms with Crippen molar-refractivity contribution < 1.29 is 23.5 Å². The summed E-state index contributed by atoms with van der Waals surface area (Å²) in [4.78, 5) is 31.5. The highest BCUT2D eigenvalue weighted by molar-refractivity contribution is 7.23. The van der Waals surface area contributed by atoms with Crippen LogP contribution in [-0.2, 0) is 16.0 Å². The number of nitrogens with zero attached hydrogens (tertiary/aromatic N) is 4. The van der Waals surface area contributed by atoms with Crippen LogP contribution in [-0.4, -0.2) is 49.8 Å². The number of hydrogen-bond donors (Lipinski definition) is 0. The van der Waals surface area contributed by atoms with Gasteiger partial charge in [-0.2, -0.15) is 4.98 Å². The third-order valence-electron chi connectivity index (χ3n) is 5.72. The van der Waals surface area contributed by atoms with Gasteiger partial charge < -0.3 is 14.4 Å². The fourth-order valence-corrected chi connectivity index (χ4v) is 4.93. The van der Waals surface area contributed by atoms with Gasteiger partial charge in [0.1, 0.15) is 11.4 Å². The van der Waals surface area contributed by atoms with E-state index in [0.29, 0.717) is 22.7 Å². The van der Waals surface area contributed by atoms with Crippen LogP contribution in [0.4, 0.5) is 9.18 Å². The second-order valence-electron chi connectivity index (χ2n) is 9.79. The van der Waals surface area contributed by atoms with E-state index in [9.17, 15) is 9.59 Å². The van der Waals surface area contributed by atoms with Crippen LogP contribution in [0.25, 0.3) is 26.6 Å². The number of benzene rings is 2. The van der Waals surface area contributed by atoms with Gasteiger partial charge in [0.2, 0.25) is 4.96 Å². The van der Waals surface area contributed by atoms with Crippen LogP contribution in [0.2, 0.25) is 0 Å². The molecule has 10 heteroatoms. The number of carbonyl (C=O) groups is 2. The molecule has 0 unspecified atom stereocenters. The Morgan fingerprint density at radius 1 is 1.19 bits per heavy atom. The van der Waals surface area contributed by atoms with E-state index in [0.717, 1.165) is 23.1 Å². The zero-order valence-electron chi connectivity index (χ0n) is 20.6. The van der Waals surface area contributed by atoms with Gasteiger partial charge in [-0.05, 0) is 76.4 Å². The Hall–Kier alpha value is -3.53. The largest absolute Gasteiger partial charge is 0.462 e. The molecule has 0 N–H and O–H groups in total. The van der Waals surface area contributed by atoms with Crippen molar-refractivity contribution in [3.8, 4) is 11.4 Å². The highest BCUT2D eigenvalue weighted by Crippen LogP contribution is 2.32. The molecule has 2 heterocycles. The van der Waals surface area contributed by atoms with Gasteiger partial charge in [-0.25, -0.2) is 18.5 Å². The van der Waals surface area contributed by atoms with Gasteiger partial charge in [0.05, 0.1) is 28.0 Å². The summed E-state index contributed by atoms with van der Waals surface area (Å²) in [5.74, 6) is -0.569. The molecule has 1 amide bonds. The summed E-state index contributed by atoms with van der Waals surface area (Å²) < 4.78 is 28.2. The summed E-state index contributed by atoms with van der Waals surface area (Å²) in [5.41, 5.74) is 1.59. The van der Waals surface area contributed by atoms with Crippen LogP contribution in [0.5, 0.6) is 0 Å². The van der Waals surface area contributed by atoms with E-state index in [1.54, 1.807) is 46.7 Å². The van der Waals surface area contributed by atoms with Crippen molar-refractivity contribution in [1.29, 1.82) is 0 Å². The Morgan fingerprint density at radius 3 is 2.64 bits per heavy atom. The topological polar surface area (TPSA) is 86.0 Å². The van der Waals surface area contributed by atoms with Crippen LogP contribution < -0.4 is 0 Å². The zero-order chi connectivity index (χ0) is 25.6. The quantitative estimate of drug-likeness (QED) is 0.304. The number of aromatic nitrogens is 3. The van der Waals surface area contributed by atoms with Gasteiger partial charge in [-0.15, -0.1) is 5.10 Å². The molecule has 1 fully saturated rings. The van der Waals surface area contributed by atoms with Gasteiger partial charge in [0, 0.05) is 12.6 Å². The van der Waals surface area contributed by atoms with Gasteiger partial charge in [-0.1, -0.05) is 17.4 Å². The molecule has 8 nitrogen and oxygen atoms in total. The number of hydrogen-bond acceptors (Lipinski definition) is 7. The zero-order valence-corrected chi connectivity index (χ0v) is 21.4. The summed E-state index contributed by atoms with van der Waals surface area (Å²) in [6.45, 7) is 7.83. The maximum absolute atomic E-state index is 15.2. The fraction of sp³-hybridized carbons (Fsp3) is 0.385. The van der Waals surface area contributed by atoms with Gasteiger partial charge in [0.25, 0.3) is 0 Å². The highest BCUT2D eigenvalue weighted by atomic mass is 32.1. The molecule has 1 aliphatic rings. The van der Waals surface area contributed by atoms with E-state index in [-0.39, 0.29) is 36.0 Å². The molecule has 5 rings (SSSR count). The van der Waals surface area contributed by atoms with Crippen molar-refractivity contribution in [2.75, 3.05) is 6.61 Å². The second kappa shape index (κ2) is 9.16. The number of ether oxygens (including phenoxy) is 2. The third kappa shape index (κ3) is 4.90. The Labute approximate surface area is 211 Å². The van der Waals surface area contributed by atoms with Gasteiger partial charge in [0.15, 0.2) is 5.82 Å². The lowest BCUT2D eigenvalue weighted by Gasteiger charge is -2.27. The number of carbonyl (C=O) groups excluding carboxylic acids is 2. The lowest BCUT2D eigenvalue weighted by molar-refractivity contribution is 0.0216. The molecule has 0 spiro atoms. The predicted octanol–water partition coefficient (Wildman–Crippen LogP) is 5.83. The lowest BCUT2D eigenvalue weighted by atomic mass is 10.1. The molecule has 0 radical (unpaired) electrons. The van der Waals surface area contributed by atoms with E-state index in [1.807, 2.05) is 20.8 Å². The highest BCUT2D eigenvalue weighted by Gasteiger charge is 2.35. The van der Waals surface area contributed by atoms with E-state index < -0.39 is 11.4 Å². The standard InChI is InChI=1S/C26H27FN4O4S/c1-5-34-23(32)16-7-11-20-21(13-16)36-24-28-22(29-31(20)24)18-10-6-15(12-19(18)27)14-30(17-8-9-17)25(33)35-26(2,3)4/h6-7,10-13,17H,5,8-9,14H2,1-4H3. The normalized spacial score (nSPS) is 13.8. The minimum atomic E-state index is -0.594. The first-order valence-corrected chi connectivity index (χ1v) is 12.7. The molecule has 1 saturated carbocycles. The van der Waals surface area contributed by atoms with E-state index in [2.05, 4.69) is 10.1 Å². The van der Waals surface area contributed by atoms with Crippen molar-refractivity contribution in [3.63, 3.8) is 0 Å². The van der Waals surface area contributed by atoms with E-state index >= 15 is 4.39 Å². The summed E-state index contributed by atoms with van der Waals surface area (Å²) in [6, 6.07) is 10.2. The van der Waals surface area contributed by atoms with Crippen LogP contribution in [0.15, 0.2) is 36.4 Å². The molecule has 4 aromatic rings. The van der Waals surface area contributed by atoms with Gasteiger partial charge >= 0.3 is 12.1 Å². The maximum Gasteiger partial charge on any atom is 0.410 e. The average Bonchev–Trinajstić information content (AvgIpc) is 3.47. The molecule has 2 aromatic heterocycles. The molecule has 2 aromatic carbocycles. The predicted molar refractivity (Wildman–Crippen MR) is 135 cm³/mol. The fourth-order valence-electron chi connectivity index (χ4n) is 3.93. The maximum atomic E-state index is 15.2. The molecule has 1 aliphatic carbocycles. The van der Waals surface area contributed by atoms with Crippen molar-refractivity contribution in [2.24, 2.45) is 0 Å². The van der Waals surface area contributed by atoms with E-state index in [1.165, 1.54) is 17.4 Å². The van der Waals surface area contributed by atoms with E-state index in [4.69, 9.17) is 9.47 Å². The smallest absolute Gasteiger partial charge is 0.410 e. The molecular weight excluding hydrogens is 483 g/mol. The summed E-state index contributed by atoms with van der Waals surface area (Å²) in [6.07, 6.45) is 1.46. The minimum absolute atomic E-state index is 0.127. The molecule has 0 aliphatic heterocycles. The number of rotatable bonds is 6. The molecule has 0 atom stereocenters. The van der Waals surface area contributed by atoms with Gasteiger partial charge in [-0.3, -0.25) is 0 Å². The summed E-state index contributed by atoms with van der Waals surface area (Å²) in [5, 5.41) is 4.52. The average molecular weight is 511 g/mol. The number of amides is 1. The Bertz CT molecular complexity index is 1470. The van der Waals surface area contributed by atoms with Crippen LogP contribution in [0, 0.1) is 5.82 Å². The number of esters is 1. The molecule has 36 heavy (non-hydrogen) atoms. The lowest BCUT2D eigenvalue weighted by Crippen LogP contribution is -2.37. The Kier molecular flexibility index (Phi) is 6.15. The first-order chi connectivity index (χ1) is 17.1. The van der Waals surface area contributed by atoms with Crippen molar-refractivity contribution in [2.45, 2.75) is 58.7 Å². The van der Waals surface area contributed by atoms with Crippen molar-refractivity contribution in [1.82, 2.24) is 19.5 Å². The molecule has 188 valence electrons. The summed E-state index contributed by atoms with van der Waals surface area (Å²) >= 11 is 1.36. The van der Waals surface area contributed by atoms with Crippen LogP contribution >= 0.6 is 11.3 Å². The van der Waals surface area contributed by atoms with Crippen LogP contribution in [0.3, 0.4) is 0 Å². The summed E-state index contributed by atoms with van der Waals surface area (Å²) in [7, 11) is 0. The first-order valence-electron chi connectivity index (χ1n) is 11.9. The van der Waals surface area contributed by atoms with Crippen molar-refractivity contribution >= 4 is 38.6 Å². The molecule has 0 saturated heterocycles. The second-order valence-corrected chi connectivity index (χ2v) is 10.8. The van der Waals surface area contributed by atoms with Crippen LogP contribution in [0.1, 0.15) is 56.5 Å². The number of thiazole rings is 1. The molecule has 0 bridgehead atoms. The van der Waals surface area contributed by atoms with Crippen molar-refractivity contribution in [3.05, 3.63) is 53.3 Å². The Balaban J connectivity index is 1.39. The number of halogens is 1. The third-order valence-corrected chi connectivity index (χ3v) is 6.71. The molecular formula is C26H27FN4O4S. The first kappa shape index (κ1) is 24.2. The Morgan fingerprint density at radius 2 is 1.97 bits per heavy atom. The monoisotopic (exact) mass is 510 g/mol. The SMILES string of the molecule is CCOC(=O)c1ccc2c(c1)sc1nc(-c3ccc(CN(C(=O)OC(C)(C)C)C4CC4)cc3F)nn12.